The van der Waals surface area contributed by atoms with Crippen molar-refractivity contribution in [1.82, 2.24) is 0 Å². The van der Waals surface area contributed by atoms with E-state index in [0.29, 0.717) is 9.13 Å². The van der Waals surface area contributed by atoms with Crippen LogP contribution in [0, 0.1) is 13.7 Å². The third-order valence-electron chi connectivity index (χ3n) is 1.79. The summed E-state index contributed by atoms with van der Waals surface area (Å²) >= 11 is 1.88. The Hall–Kier alpha value is -0.730. The van der Waals surface area contributed by atoms with Gasteiger partial charge >= 0.3 is 0 Å². The number of hydrogen-bond donors (Lipinski definition) is 2. The molecule has 0 saturated carbocycles. The van der Waals surface area contributed by atoms with Gasteiger partial charge in [-0.1, -0.05) is 6.07 Å². The zero-order chi connectivity index (χ0) is 10.7. The third kappa shape index (κ3) is 2.40. The van der Waals surface area contributed by atoms with Crippen LogP contribution in [0.2, 0.25) is 0 Å². The Balaban J connectivity index is 3.12. The third-order valence-corrected chi connectivity index (χ3v) is 2.70. The van der Waals surface area contributed by atoms with Gasteiger partial charge in [-0.25, -0.2) is 0 Å². The molecule has 0 aromatic heterocycles. The van der Waals surface area contributed by atoms with Crippen molar-refractivity contribution < 1.29 is 10.0 Å². The first-order valence-electron chi connectivity index (χ1n) is 3.86. The van der Waals surface area contributed by atoms with E-state index in [1.807, 2.05) is 22.6 Å². The van der Waals surface area contributed by atoms with Gasteiger partial charge in [0, 0.05) is 6.07 Å². The smallest absolute Gasteiger partial charge is 0.282 e. The van der Waals surface area contributed by atoms with E-state index in [-0.39, 0.29) is 12.3 Å². The lowest BCUT2D eigenvalue weighted by Crippen LogP contribution is -2.14. The van der Waals surface area contributed by atoms with Gasteiger partial charge in [0.05, 0.1) is 21.1 Å². The zero-order valence-corrected chi connectivity index (χ0v) is 9.34. The minimum Gasteiger partial charge on any atom is -0.394 e. The Morgan fingerprint density at radius 3 is 2.79 bits per heavy atom. The van der Waals surface area contributed by atoms with Crippen LogP contribution in [0.4, 0.5) is 5.69 Å². The molecule has 0 heterocycles. The summed E-state index contributed by atoms with van der Waals surface area (Å²) in [6, 6.07) is 4.12. The van der Waals surface area contributed by atoms with Crippen LogP contribution in [0.1, 0.15) is 11.6 Å². The lowest BCUT2D eigenvalue weighted by molar-refractivity contribution is -0.385. The molecule has 0 radical (unpaired) electrons. The van der Waals surface area contributed by atoms with Crippen molar-refractivity contribution in [3.63, 3.8) is 0 Å². The van der Waals surface area contributed by atoms with Crippen molar-refractivity contribution in [1.29, 1.82) is 0 Å². The SMILES string of the molecule is NC(CO)c1ccc(I)c([N+](=O)[O-])c1. The van der Waals surface area contributed by atoms with Crippen LogP contribution in [0.25, 0.3) is 0 Å². The van der Waals surface area contributed by atoms with Gasteiger partial charge in [-0.05, 0) is 34.2 Å². The number of nitrogens with two attached hydrogens (primary N) is 1. The number of rotatable bonds is 3. The number of aliphatic hydroxyl groups excluding tert-OH is 1. The lowest BCUT2D eigenvalue weighted by atomic mass is 10.1. The predicted octanol–water partition coefficient (Wildman–Crippen LogP) is 1.19. The molecule has 0 aliphatic rings. The van der Waals surface area contributed by atoms with Crippen molar-refractivity contribution >= 4 is 28.3 Å². The molecule has 0 amide bonds. The summed E-state index contributed by atoms with van der Waals surface area (Å²) in [5, 5.41) is 19.4. The molecule has 5 nitrogen and oxygen atoms in total. The van der Waals surface area contributed by atoms with Crippen molar-refractivity contribution in [2.24, 2.45) is 5.73 Å². The van der Waals surface area contributed by atoms with E-state index >= 15 is 0 Å². The summed E-state index contributed by atoms with van der Waals surface area (Å²) < 4.78 is 0.557. The molecule has 0 fully saturated rings. The Morgan fingerprint density at radius 1 is 1.64 bits per heavy atom. The van der Waals surface area contributed by atoms with Crippen LogP contribution in [-0.4, -0.2) is 16.6 Å². The molecule has 1 aromatic carbocycles. The summed E-state index contributed by atoms with van der Waals surface area (Å²) in [6.07, 6.45) is 0. The van der Waals surface area contributed by atoms with Crippen molar-refractivity contribution in [2.75, 3.05) is 6.61 Å². The number of benzene rings is 1. The van der Waals surface area contributed by atoms with E-state index in [9.17, 15) is 10.1 Å². The van der Waals surface area contributed by atoms with Crippen LogP contribution in [0.5, 0.6) is 0 Å². The van der Waals surface area contributed by atoms with E-state index in [1.54, 1.807) is 12.1 Å². The molecule has 0 bridgehead atoms. The summed E-state index contributed by atoms with van der Waals surface area (Å²) in [5.41, 5.74) is 6.13. The summed E-state index contributed by atoms with van der Waals surface area (Å²) in [6.45, 7) is -0.224. The molecule has 1 atom stereocenters. The van der Waals surface area contributed by atoms with E-state index in [0.717, 1.165) is 0 Å². The van der Waals surface area contributed by atoms with E-state index in [2.05, 4.69) is 0 Å². The summed E-state index contributed by atoms with van der Waals surface area (Å²) in [4.78, 5) is 10.1. The van der Waals surface area contributed by atoms with Gasteiger partial charge in [0.2, 0.25) is 0 Å². The molecule has 6 heteroatoms. The highest BCUT2D eigenvalue weighted by atomic mass is 127. The Labute approximate surface area is 94.2 Å². The van der Waals surface area contributed by atoms with E-state index < -0.39 is 11.0 Å². The maximum atomic E-state index is 10.6. The van der Waals surface area contributed by atoms with Crippen molar-refractivity contribution in [3.05, 3.63) is 37.4 Å². The second kappa shape index (κ2) is 4.67. The molecular formula is C8H9IN2O3. The number of halogens is 1. The van der Waals surface area contributed by atoms with Crippen LogP contribution < -0.4 is 5.73 Å². The lowest BCUT2D eigenvalue weighted by Gasteiger charge is -2.08. The van der Waals surface area contributed by atoms with Crippen molar-refractivity contribution in [3.8, 4) is 0 Å². The van der Waals surface area contributed by atoms with Gasteiger partial charge < -0.3 is 10.8 Å². The highest BCUT2D eigenvalue weighted by Crippen LogP contribution is 2.24. The van der Waals surface area contributed by atoms with Crippen molar-refractivity contribution in [2.45, 2.75) is 6.04 Å². The van der Waals surface area contributed by atoms with Gasteiger partial charge in [0.15, 0.2) is 0 Å². The molecule has 3 N–H and O–H groups in total. The second-order valence-electron chi connectivity index (χ2n) is 2.76. The summed E-state index contributed by atoms with van der Waals surface area (Å²) in [7, 11) is 0. The fourth-order valence-corrected chi connectivity index (χ4v) is 1.54. The monoisotopic (exact) mass is 308 g/mol. The fraction of sp³-hybridized carbons (Fsp3) is 0.250. The average molecular weight is 308 g/mol. The largest absolute Gasteiger partial charge is 0.394 e. The fourth-order valence-electron chi connectivity index (χ4n) is 1.01. The minimum atomic E-state index is -0.564. The highest BCUT2D eigenvalue weighted by Gasteiger charge is 2.14. The first kappa shape index (κ1) is 11.3. The van der Waals surface area contributed by atoms with Crippen LogP contribution in [-0.2, 0) is 0 Å². The standard InChI is InChI=1S/C8H9IN2O3/c9-6-2-1-5(7(10)4-12)3-8(6)11(13)14/h1-3,7,12H,4,10H2. The van der Waals surface area contributed by atoms with Crippen LogP contribution in [0.3, 0.4) is 0 Å². The van der Waals surface area contributed by atoms with Crippen LogP contribution >= 0.6 is 22.6 Å². The number of hydrogen-bond acceptors (Lipinski definition) is 4. The second-order valence-corrected chi connectivity index (χ2v) is 3.92. The van der Waals surface area contributed by atoms with Gasteiger partial charge in [-0.2, -0.15) is 0 Å². The molecule has 0 aliphatic carbocycles. The Morgan fingerprint density at radius 2 is 2.29 bits per heavy atom. The Kier molecular flexibility index (Phi) is 3.78. The number of nitro benzene ring substituents is 1. The molecule has 1 unspecified atom stereocenters. The maximum absolute atomic E-state index is 10.6. The normalized spacial score (nSPS) is 12.5. The first-order valence-corrected chi connectivity index (χ1v) is 4.94. The maximum Gasteiger partial charge on any atom is 0.282 e. The number of nitro groups is 1. The quantitative estimate of drug-likeness (QED) is 0.499. The highest BCUT2D eigenvalue weighted by molar-refractivity contribution is 14.1. The van der Waals surface area contributed by atoms with E-state index in [4.69, 9.17) is 10.8 Å². The van der Waals surface area contributed by atoms with Gasteiger partial charge in [0.25, 0.3) is 5.69 Å². The molecule has 76 valence electrons. The average Bonchev–Trinajstić information content (AvgIpc) is 2.17. The summed E-state index contributed by atoms with van der Waals surface area (Å²) in [5.74, 6) is 0. The van der Waals surface area contributed by atoms with Gasteiger partial charge in [-0.3, -0.25) is 10.1 Å². The molecule has 0 aliphatic heterocycles. The number of nitrogens with zero attached hydrogens (tertiary/aromatic N) is 1. The number of aliphatic hydroxyl groups is 1. The van der Waals surface area contributed by atoms with Gasteiger partial charge in [0.1, 0.15) is 0 Å². The topological polar surface area (TPSA) is 89.4 Å². The first-order chi connectivity index (χ1) is 6.56. The Bertz CT molecular complexity index is 356. The molecule has 1 rings (SSSR count). The minimum absolute atomic E-state index is 0.0204. The molecule has 1 aromatic rings. The van der Waals surface area contributed by atoms with Crippen LogP contribution in [0.15, 0.2) is 18.2 Å². The molecule has 0 spiro atoms. The van der Waals surface area contributed by atoms with E-state index in [1.165, 1.54) is 6.07 Å². The molecule has 0 saturated heterocycles. The predicted molar refractivity (Wildman–Crippen MR) is 59.8 cm³/mol. The molecule has 14 heavy (non-hydrogen) atoms. The zero-order valence-electron chi connectivity index (χ0n) is 7.18. The van der Waals surface area contributed by atoms with Gasteiger partial charge in [-0.15, -0.1) is 0 Å². The molecular weight excluding hydrogens is 299 g/mol.